The standard InChI is InChI=1S/C6H8BrN/c1-5-6(2-3-7)4-8-5/h5-6,8H,4H2,1H3/t5-,6+/m1/s1. The number of nitrogens with one attached hydrogen (secondary N) is 1. The molecule has 1 saturated heterocycles. The van der Waals surface area contributed by atoms with Gasteiger partial charge in [-0.15, -0.1) is 0 Å². The maximum Gasteiger partial charge on any atom is 0.0487 e. The van der Waals surface area contributed by atoms with Gasteiger partial charge in [0.1, 0.15) is 0 Å². The highest BCUT2D eigenvalue weighted by atomic mass is 79.9. The molecule has 0 saturated carbocycles. The quantitative estimate of drug-likeness (QED) is 0.539. The highest BCUT2D eigenvalue weighted by Gasteiger charge is 2.23. The zero-order valence-corrected chi connectivity index (χ0v) is 6.33. The fraction of sp³-hybridized carbons (Fsp3) is 0.667. The summed E-state index contributed by atoms with van der Waals surface area (Å²) >= 11 is 3.06. The molecular weight excluding hydrogens is 166 g/mol. The molecule has 1 fully saturated rings. The van der Waals surface area contributed by atoms with Gasteiger partial charge >= 0.3 is 0 Å². The lowest BCUT2D eigenvalue weighted by molar-refractivity contribution is 0.318. The maximum absolute atomic E-state index is 3.22. The Morgan fingerprint density at radius 3 is 2.62 bits per heavy atom. The van der Waals surface area contributed by atoms with Crippen LogP contribution < -0.4 is 5.32 Å². The van der Waals surface area contributed by atoms with Gasteiger partial charge in [0.05, 0.1) is 0 Å². The van der Waals surface area contributed by atoms with Crippen molar-refractivity contribution in [2.45, 2.75) is 13.0 Å². The predicted molar refractivity (Wildman–Crippen MR) is 37.7 cm³/mol. The smallest absolute Gasteiger partial charge is 0.0487 e. The molecule has 0 radical (unpaired) electrons. The van der Waals surface area contributed by atoms with Gasteiger partial charge in [-0.05, 0) is 11.8 Å². The first-order chi connectivity index (χ1) is 3.84. The lowest BCUT2D eigenvalue weighted by Crippen LogP contribution is -2.50. The number of hydrogen-bond acceptors (Lipinski definition) is 1. The van der Waals surface area contributed by atoms with E-state index in [0.29, 0.717) is 12.0 Å². The minimum absolute atomic E-state index is 0.578. The fourth-order valence-electron chi connectivity index (χ4n) is 0.718. The lowest BCUT2D eigenvalue weighted by atomic mass is 9.95. The Labute approximate surface area is 58.0 Å². The Balaban J connectivity index is 2.34. The van der Waals surface area contributed by atoms with Crippen LogP contribution in [0.25, 0.3) is 0 Å². The molecule has 0 bridgehead atoms. The van der Waals surface area contributed by atoms with Crippen LogP contribution in [0.4, 0.5) is 0 Å². The zero-order valence-electron chi connectivity index (χ0n) is 4.74. The van der Waals surface area contributed by atoms with E-state index >= 15 is 0 Å². The molecule has 0 unspecified atom stereocenters. The van der Waals surface area contributed by atoms with Crippen molar-refractivity contribution < 1.29 is 0 Å². The van der Waals surface area contributed by atoms with E-state index in [9.17, 15) is 0 Å². The molecule has 1 rings (SSSR count). The average Bonchev–Trinajstić information content (AvgIpc) is 1.79. The normalized spacial score (nSPS) is 34.8. The van der Waals surface area contributed by atoms with Crippen molar-refractivity contribution in [3.05, 3.63) is 0 Å². The molecule has 1 aliphatic heterocycles. The highest BCUT2D eigenvalue weighted by molar-refractivity contribution is 9.12. The minimum Gasteiger partial charge on any atom is -0.312 e. The molecule has 0 spiro atoms. The van der Waals surface area contributed by atoms with E-state index in [0.717, 1.165) is 6.54 Å². The second-order valence-corrected chi connectivity index (χ2v) is 2.44. The van der Waals surface area contributed by atoms with Crippen LogP contribution in [0.2, 0.25) is 0 Å². The van der Waals surface area contributed by atoms with Crippen LogP contribution in [-0.2, 0) is 0 Å². The molecule has 0 aliphatic carbocycles. The van der Waals surface area contributed by atoms with Crippen LogP contribution in [0.3, 0.4) is 0 Å². The summed E-state index contributed by atoms with van der Waals surface area (Å²) in [6.45, 7) is 3.20. The number of halogens is 1. The van der Waals surface area contributed by atoms with Crippen LogP contribution >= 0.6 is 15.9 Å². The fourth-order valence-corrected chi connectivity index (χ4v) is 1.01. The lowest BCUT2D eigenvalue weighted by Gasteiger charge is -2.30. The van der Waals surface area contributed by atoms with Gasteiger partial charge in [-0.1, -0.05) is 5.92 Å². The third-order valence-corrected chi connectivity index (χ3v) is 1.73. The Morgan fingerprint density at radius 1 is 1.75 bits per heavy atom. The summed E-state index contributed by atoms with van der Waals surface area (Å²) in [5, 5.41) is 3.22. The van der Waals surface area contributed by atoms with E-state index in [1.165, 1.54) is 0 Å². The summed E-state index contributed by atoms with van der Waals surface area (Å²) in [6.07, 6.45) is 0. The Kier molecular flexibility index (Phi) is 1.93. The van der Waals surface area contributed by atoms with E-state index in [2.05, 4.69) is 38.9 Å². The zero-order chi connectivity index (χ0) is 5.98. The van der Waals surface area contributed by atoms with E-state index in [-0.39, 0.29) is 0 Å². The van der Waals surface area contributed by atoms with Crippen LogP contribution in [-0.4, -0.2) is 12.6 Å². The molecule has 1 nitrogen and oxygen atoms in total. The molecular formula is C6H8BrN. The van der Waals surface area contributed by atoms with E-state index < -0.39 is 0 Å². The van der Waals surface area contributed by atoms with Crippen molar-refractivity contribution in [1.82, 2.24) is 5.32 Å². The molecule has 1 N–H and O–H groups in total. The van der Waals surface area contributed by atoms with Crippen molar-refractivity contribution in [3.8, 4) is 10.8 Å². The van der Waals surface area contributed by atoms with Crippen molar-refractivity contribution in [2.24, 2.45) is 5.92 Å². The molecule has 2 heteroatoms. The molecule has 1 heterocycles. The highest BCUT2D eigenvalue weighted by Crippen LogP contribution is 2.10. The maximum atomic E-state index is 3.22. The molecule has 8 heavy (non-hydrogen) atoms. The van der Waals surface area contributed by atoms with Gasteiger partial charge in [-0.2, -0.15) is 0 Å². The molecule has 44 valence electrons. The monoisotopic (exact) mass is 173 g/mol. The second kappa shape index (κ2) is 2.52. The molecule has 0 amide bonds. The van der Waals surface area contributed by atoms with Gasteiger partial charge in [0.2, 0.25) is 0 Å². The first-order valence-electron chi connectivity index (χ1n) is 2.69. The predicted octanol–water partition coefficient (Wildman–Crippen LogP) is 0.950. The molecule has 2 atom stereocenters. The van der Waals surface area contributed by atoms with Gasteiger partial charge in [0, 0.05) is 34.4 Å². The van der Waals surface area contributed by atoms with Crippen molar-refractivity contribution in [2.75, 3.05) is 6.54 Å². The van der Waals surface area contributed by atoms with Gasteiger partial charge in [-0.25, -0.2) is 0 Å². The Hall–Kier alpha value is 0. The van der Waals surface area contributed by atoms with E-state index in [1.807, 2.05) is 0 Å². The summed E-state index contributed by atoms with van der Waals surface area (Å²) < 4.78 is 0. The largest absolute Gasteiger partial charge is 0.312 e. The van der Waals surface area contributed by atoms with Crippen LogP contribution in [0.1, 0.15) is 6.92 Å². The van der Waals surface area contributed by atoms with E-state index in [1.54, 1.807) is 0 Å². The van der Waals surface area contributed by atoms with Crippen LogP contribution in [0, 0.1) is 16.7 Å². The Bertz CT molecular complexity index is 133. The second-order valence-electron chi connectivity index (χ2n) is 2.04. The summed E-state index contributed by atoms with van der Waals surface area (Å²) in [5.41, 5.74) is 0. The van der Waals surface area contributed by atoms with Gasteiger partial charge < -0.3 is 5.32 Å². The third-order valence-electron chi connectivity index (χ3n) is 1.50. The molecule has 0 aromatic heterocycles. The van der Waals surface area contributed by atoms with Crippen molar-refractivity contribution in [3.63, 3.8) is 0 Å². The summed E-state index contributed by atoms with van der Waals surface area (Å²) in [6, 6.07) is 0.597. The Morgan fingerprint density at radius 2 is 2.50 bits per heavy atom. The topological polar surface area (TPSA) is 12.0 Å². The summed E-state index contributed by atoms with van der Waals surface area (Å²) in [5.74, 6) is 3.61. The SMILES string of the molecule is C[C@H]1NC[C@@H]1C#CBr. The first kappa shape index (κ1) is 6.12. The van der Waals surface area contributed by atoms with Gasteiger partial charge in [0.15, 0.2) is 0 Å². The summed E-state index contributed by atoms with van der Waals surface area (Å²) in [4.78, 5) is 2.72. The molecule has 0 aromatic carbocycles. The first-order valence-corrected chi connectivity index (χ1v) is 3.48. The average molecular weight is 174 g/mol. The van der Waals surface area contributed by atoms with Gasteiger partial charge in [-0.3, -0.25) is 0 Å². The van der Waals surface area contributed by atoms with Gasteiger partial charge in [0.25, 0.3) is 0 Å². The van der Waals surface area contributed by atoms with Crippen LogP contribution in [0.5, 0.6) is 0 Å². The minimum atomic E-state index is 0.578. The summed E-state index contributed by atoms with van der Waals surface area (Å²) in [7, 11) is 0. The van der Waals surface area contributed by atoms with Crippen molar-refractivity contribution >= 4 is 15.9 Å². The van der Waals surface area contributed by atoms with Crippen molar-refractivity contribution in [1.29, 1.82) is 0 Å². The van der Waals surface area contributed by atoms with E-state index in [4.69, 9.17) is 0 Å². The third kappa shape index (κ3) is 1.04. The number of hydrogen-bond donors (Lipinski definition) is 1. The van der Waals surface area contributed by atoms with Crippen LogP contribution in [0.15, 0.2) is 0 Å². The molecule has 0 aromatic rings. The molecule has 1 aliphatic rings. The number of rotatable bonds is 0.